The maximum atomic E-state index is 6.07. The predicted octanol–water partition coefficient (Wildman–Crippen LogP) is 2.44. The number of nitrogens with two attached hydrogens (primary N) is 1. The Morgan fingerprint density at radius 1 is 1.12 bits per heavy atom. The van der Waals surface area contributed by atoms with E-state index in [0.29, 0.717) is 6.54 Å². The number of aromatic nitrogens is 2. The fourth-order valence-corrected chi connectivity index (χ4v) is 2.37. The van der Waals surface area contributed by atoms with Gasteiger partial charge in [0.05, 0.1) is 0 Å². The molecular formula is C11H12ClN3S. The molecule has 0 spiro atoms. The molecule has 0 unspecified atom stereocenters. The van der Waals surface area contributed by atoms with Crippen molar-refractivity contribution in [2.45, 2.75) is 19.4 Å². The summed E-state index contributed by atoms with van der Waals surface area (Å²) in [5, 5.41) is 10.8. The van der Waals surface area contributed by atoms with Gasteiger partial charge in [-0.2, -0.15) is 0 Å². The maximum Gasteiger partial charge on any atom is 0.131 e. The summed E-state index contributed by atoms with van der Waals surface area (Å²) < 4.78 is 0. The molecule has 1 aromatic heterocycles. The highest BCUT2D eigenvalue weighted by atomic mass is 35.5. The normalized spacial score (nSPS) is 10.6. The molecule has 1 aromatic carbocycles. The molecule has 0 aliphatic rings. The highest BCUT2D eigenvalue weighted by molar-refractivity contribution is 7.11. The average molecular weight is 254 g/mol. The largest absolute Gasteiger partial charge is 0.324 e. The summed E-state index contributed by atoms with van der Waals surface area (Å²) in [5.41, 5.74) is 6.63. The number of aryl methyl sites for hydroxylation is 2. The Morgan fingerprint density at radius 3 is 2.56 bits per heavy atom. The van der Waals surface area contributed by atoms with Crippen LogP contribution in [0.4, 0.5) is 0 Å². The van der Waals surface area contributed by atoms with Crippen molar-refractivity contribution in [2.24, 2.45) is 5.73 Å². The van der Waals surface area contributed by atoms with Crippen molar-refractivity contribution in [1.82, 2.24) is 10.2 Å². The van der Waals surface area contributed by atoms with Gasteiger partial charge in [0.15, 0.2) is 0 Å². The van der Waals surface area contributed by atoms with Crippen LogP contribution in [-0.2, 0) is 19.4 Å². The molecule has 16 heavy (non-hydrogen) atoms. The lowest BCUT2D eigenvalue weighted by Crippen LogP contribution is -1.94. The Hall–Kier alpha value is -0.970. The number of rotatable bonds is 4. The van der Waals surface area contributed by atoms with Gasteiger partial charge < -0.3 is 5.73 Å². The number of halogens is 1. The average Bonchev–Trinajstić information content (AvgIpc) is 2.76. The van der Waals surface area contributed by atoms with Gasteiger partial charge in [-0.05, 0) is 18.1 Å². The molecule has 0 saturated carbocycles. The fraction of sp³-hybridized carbons (Fsp3) is 0.273. The van der Waals surface area contributed by atoms with E-state index in [-0.39, 0.29) is 0 Å². The molecule has 0 radical (unpaired) electrons. The van der Waals surface area contributed by atoms with E-state index in [4.69, 9.17) is 17.3 Å². The van der Waals surface area contributed by atoms with E-state index in [1.807, 2.05) is 24.3 Å². The number of nitrogens with zero attached hydrogens (tertiary/aromatic N) is 2. The highest BCUT2D eigenvalue weighted by Gasteiger charge is 2.04. The maximum absolute atomic E-state index is 6.07. The van der Waals surface area contributed by atoms with Crippen LogP contribution < -0.4 is 5.73 Å². The van der Waals surface area contributed by atoms with Crippen LogP contribution in [-0.4, -0.2) is 10.2 Å². The van der Waals surface area contributed by atoms with Gasteiger partial charge in [0.1, 0.15) is 10.0 Å². The van der Waals surface area contributed by atoms with Gasteiger partial charge in [-0.3, -0.25) is 0 Å². The van der Waals surface area contributed by atoms with Crippen LogP contribution in [0.25, 0.3) is 0 Å². The molecule has 0 fully saturated rings. The summed E-state index contributed by atoms with van der Waals surface area (Å²) >= 11 is 7.64. The summed E-state index contributed by atoms with van der Waals surface area (Å²) in [4.78, 5) is 0. The van der Waals surface area contributed by atoms with Gasteiger partial charge in [0, 0.05) is 18.0 Å². The Labute approximate surface area is 103 Å². The van der Waals surface area contributed by atoms with E-state index >= 15 is 0 Å². The van der Waals surface area contributed by atoms with Gasteiger partial charge in [0.25, 0.3) is 0 Å². The summed E-state index contributed by atoms with van der Waals surface area (Å²) in [6.45, 7) is 0.462. The van der Waals surface area contributed by atoms with Crippen molar-refractivity contribution < 1.29 is 0 Å². The molecule has 84 valence electrons. The monoisotopic (exact) mass is 253 g/mol. The van der Waals surface area contributed by atoms with Gasteiger partial charge in [-0.25, -0.2) is 0 Å². The van der Waals surface area contributed by atoms with E-state index in [1.165, 1.54) is 0 Å². The first-order chi connectivity index (χ1) is 7.79. The zero-order chi connectivity index (χ0) is 11.4. The molecule has 0 aliphatic heterocycles. The molecule has 2 N–H and O–H groups in total. The van der Waals surface area contributed by atoms with Gasteiger partial charge in [0.2, 0.25) is 0 Å². The van der Waals surface area contributed by atoms with Gasteiger partial charge in [-0.15, -0.1) is 21.5 Å². The first-order valence-electron chi connectivity index (χ1n) is 5.04. The van der Waals surface area contributed by atoms with Gasteiger partial charge in [-0.1, -0.05) is 29.8 Å². The third-order valence-corrected chi connectivity index (χ3v) is 3.62. The lowest BCUT2D eigenvalue weighted by molar-refractivity contribution is 0.882. The summed E-state index contributed by atoms with van der Waals surface area (Å²) in [6, 6.07) is 7.87. The predicted molar refractivity (Wildman–Crippen MR) is 66.7 cm³/mol. The summed E-state index contributed by atoms with van der Waals surface area (Å²) in [6.07, 6.45) is 1.75. The minimum absolute atomic E-state index is 0.462. The Morgan fingerprint density at radius 2 is 1.88 bits per heavy atom. The van der Waals surface area contributed by atoms with Crippen molar-refractivity contribution >= 4 is 22.9 Å². The highest BCUT2D eigenvalue weighted by Crippen LogP contribution is 2.18. The van der Waals surface area contributed by atoms with Crippen LogP contribution in [0.1, 0.15) is 15.6 Å². The minimum atomic E-state index is 0.462. The van der Waals surface area contributed by atoms with Crippen molar-refractivity contribution in [1.29, 1.82) is 0 Å². The lowest BCUT2D eigenvalue weighted by Gasteiger charge is -2.00. The second kappa shape index (κ2) is 5.39. The van der Waals surface area contributed by atoms with Crippen LogP contribution >= 0.6 is 22.9 Å². The molecule has 2 rings (SSSR count). The Kier molecular flexibility index (Phi) is 3.88. The van der Waals surface area contributed by atoms with Crippen LogP contribution in [0.15, 0.2) is 24.3 Å². The molecule has 1 heterocycles. The van der Waals surface area contributed by atoms with E-state index < -0.39 is 0 Å². The second-order valence-corrected chi connectivity index (χ2v) is 4.94. The summed E-state index contributed by atoms with van der Waals surface area (Å²) in [5.74, 6) is 0. The molecule has 0 amide bonds. The van der Waals surface area contributed by atoms with Crippen molar-refractivity contribution in [3.8, 4) is 0 Å². The third kappa shape index (κ3) is 2.78. The molecule has 0 saturated heterocycles. The molecule has 0 bridgehead atoms. The fourth-order valence-electron chi connectivity index (χ4n) is 1.41. The van der Waals surface area contributed by atoms with Crippen LogP contribution in [0, 0.1) is 0 Å². The second-order valence-electron chi connectivity index (χ2n) is 3.39. The van der Waals surface area contributed by atoms with Crippen molar-refractivity contribution in [2.75, 3.05) is 0 Å². The molecule has 5 heteroatoms. The summed E-state index contributed by atoms with van der Waals surface area (Å²) in [7, 11) is 0. The van der Waals surface area contributed by atoms with Crippen molar-refractivity contribution in [3.63, 3.8) is 0 Å². The quantitative estimate of drug-likeness (QED) is 0.911. The zero-order valence-electron chi connectivity index (χ0n) is 8.69. The Bertz CT molecular complexity index is 470. The Balaban J connectivity index is 1.99. The van der Waals surface area contributed by atoms with Crippen molar-refractivity contribution in [3.05, 3.63) is 44.9 Å². The first-order valence-corrected chi connectivity index (χ1v) is 6.24. The lowest BCUT2D eigenvalue weighted by atomic mass is 10.1. The topological polar surface area (TPSA) is 51.8 Å². The smallest absolute Gasteiger partial charge is 0.131 e. The third-order valence-electron chi connectivity index (χ3n) is 2.25. The molecule has 2 aromatic rings. The van der Waals surface area contributed by atoms with Gasteiger partial charge >= 0.3 is 0 Å². The molecule has 0 aliphatic carbocycles. The van der Waals surface area contributed by atoms with E-state index in [9.17, 15) is 0 Å². The van der Waals surface area contributed by atoms with Crippen LogP contribution in [0.2, 0.25) is 5.02 Å². The SMILES string of the molecule is NCc1nnc(CCc2ccccc2Cl)s1. The molecular weight excluding hydrogens is 242 g/mol. The standard InChI is InChI=1S/C11H12ClN3S/c12-9-4-2-1-3-8(9)5-6-10-14-15-11(7-13)16-10/h1-4H,5-7,13H2. The molecule has 0 atom stereocenters. The van der Waals surface area contributed by atoms with E-state index in [0.717, 1.165) is 33.4 Å². The number of benzene rings is 1. The molecule has 3 nitrogen and oxygen atoms in total. The van der Waals surface area contributed by atoms with Crippen LogP contribution in [0.3, 0.4) is 0 Å². The first kappa shape index (κ1) is 11.5. The van der Waals surface area contributed by atoms with Crippen LogP contribution in [0.5, 0.6) is 0 Å². The van der Waals surface area contributed by atoms with E-state index in [2.05, 4.69) is 10.2 Å². The number of hydrogen-bond donors (Lipinski definition) is 1. The van der Waals surface area contributed by atoms with E-state index in [1.54, 1.807) is 11.3 Å². The minimum Gasteiger partial charge on any atom is -0.324 e. The number of hydrogen-bond acceptors (Lipinski definition) is 4. The zero-order valence-corrected chi connectivity index (χ0v) is 10.3.